The fraction of sp³-hybridized carbons (Fsp3) is 0. The number of halogens is 3. The maximum absolute atomic E-state index is 11.0. The predicted molar refractivity (Wildman–Crippen MR) is 78.7 cm³/mol. The van der Waals surface area contributed by atoms with Crippen LogP contribution in [-0.2, 0) is 0 Å². The van der Waals surface area contributed by atoms with Gasteiger partial charge in [-0.05, 0) is 24.3 Å². The minimum Gasteiger partial charge on any atom is -0.258 e. The molecule has 0 unspecified atom stereocenters. The summed E-state index contributed by atoms with van der Waals surface area (Å²) in [4.78, 5) is 11.5. The Bertz CT molecular complexity index is 649. The van der Waals surface area contributed by atoms with E-state index >= 15 is 0 Å². The van der Waals surface area contributed by atoms with Gasteiger partial charge in [-0.2, -0.15) is 0 Å². The highest BCUT2D eigenvalue weighted by molar-refractivity contribution is 7.99. The number of nitro groups is 1. The van der Waals surface area contributed by atoms with Crippen LogP contribution in [0.25, 0.3) is 0 Å². The Labute approximate surface area is 128 Å². The number of rotatable bonds is 3. The first-order chi connectivity index (χ1) is 8.99. The van der Waals surface area contributed by atoms with E-state index in [1.165, 1.54) is 12.1 Å². The van der Waals surface area contributed by atoms with Gasteiger partial charge in [0, 0.05) is 16.0 Å². The third-order valence-electron chi connectivity index (χ3n) is 2.25. The highest BCUT2D eigenvalue weighted by Gasteiger charge is 2.18. The van der Waals surface area contributed by atoms with Gasteiger partial charge in [0.1, 0.15) is 4.90 Å². The average molecular weight is 335 g/mol. The monoisotopic (exact) mass is 333 g/mol. The van der Waals surface area contributed by atoms with Gasteiger partial charge in [0.2, 0.25) is 0 Å². The molecule has 0 atom stereocenters. The van der Waals surface area contributed by atoms with E-state index in [0.717, 1.165) is 11.8 Å². The smallest absolute Gasteiger partial charge is 0.258 e. The second kappa shape index (κ2) is 6.01. The van der Waals surface area contributed by atoms with Crippen LogP contribution in [0.1, 0.15) is 0 Å². The quantitative estimate of drug-likeness (QED) is 0.533. The van der Waals surface area contributed by atoms with E-state index in [1.54, 1.807) is 24.3 Å². The minimum absolute atomic E-state index is 0.0523. The molecule has 0 saturated carbocycles. The van der Waals surface area contributed by atoms with Crippen molar-refractivity contribution in [3.05, 3.63) is 61.6 Å². The van der Waals surface area contributed by atoms with Crippen LogP contribution >= 0.6 is 46.6 Å². The molecule has 0 spiro atoms. The van der Waals surface area contributed by atoms with Crippen molar-refractivity contribution in [3.8, 4) is 0 Å². The molecule has 0 aliphatic heterocycles. The van der Waals surface area contributed by atoms with Gasteiger partial charge in [0.25, 0.3) is 5.69 Å². The molecule has 0 saturated heterocycles. The van der Waals surface area contributed by atoms with Crippen LogP contribution in [0.2, 0.25) is 15.1 Å². The van der Waals surface area contributed by atoms with Gasteiger partial charge in [-0.25, -0.2) is 0 Å². The molecule has 98 valence electrons. The lowest BCUT2D eigenvalue weighted by molar-refractivity contribution is -0.387. The van der Waals surface area contributed by atoms with Crippen LogP contribution in [0.4, 0.5) is 5.69 Å². The number of nitrogens with zero attached hydrogens (tertiary/aromatic N) is 1. The SMILES string of the molecule is O=[N+]([O-])c1cccc(Cl)c1Sc1ccc(Cl)cc1Cl. The van der Waals surface area contributed by atoms with Gasteiger partial charge in [-0.1, -0.05) is 52.6 Å². The summed E-state index contributed by atoms with van der Waals surface area (Å²) in [6.45, 7) is 0. The van der Waals surface area contributed by atoms with Crippen LogP contribution in [0.3, 0.4) is 0 Å². The molecule has 3 nitrogen and oxygen atoms in total. The standard InChI is InChI=1S/C12H6Cl3NO2S/c13-7-4-5-11(9(15)6-7)19-12-8(14)2-1-3-10(12)16(17)18/h1-6H. The second-order valence-electron chi connectivity index (χ2n) is 3.52. The van der Waals surface area contributed by atoms with E-state index in [-0.39, 0.29) is 5.69 Å². The maximum Gasteiger partial charge on any atom is 0.284 e. The van der Waals surface area contributed by atoms with Crippen LogP contribution in [0.15, 0.2) is 46.2 Å². The molecule has 0 fully saturated rings. The van der Waals surface area contributed by atoms with Crippen LogP contribution in [-0.4, -0.2) is 4.92 Å². The first kappa shape index (κ1) is 14.5. The lowest BCUT2D eigenvalue weighted by Gasteiger charge is -2.07. The van der Waals surface area contributed by atoms with Gasteiger partial charge >= 0.3 is 0 Å². The zero-order chi connectivity index (χ0) is 14.0. The van der Waals surface area contributed by atoms with Gasteiger partial charge in [-0.15, -0.1) is 0 Å². The highest BCUT2D eigenvalue weighted by Crippen LogP contribution is 2.42. The van der Waals surface area contributed by atoms with Crippen molar-refractivity contribution in [2.24, 2.45) is 0 Å². The fourth-order valence-corrected chi connectivity index (χ4v) is 3.14. The van der Waals surface area contributed by atoms with E-state index in [0.29, 0.717) is 24.9 Å². The first-order valence-corrected chi connectivity index (χ1v) is 7.00. The Morgan fingerprint density at radius 2 is 1.79 bits per heavy atom. The van der Waals surface area contributed by atoms with Crippen molar-refractivity contribution in [3.63, 3.8) is 0 Å². The predicted octanol–water partition coefficient (Wildman–Crippen LogP) is 5.71. The average Bonchev–Trinajstić information content (AvgIpc) is 2.34. The lowest BCUT2D eigenvalue weighted by atomic mass is 10.3. The van der Waals surface area contributed by atoms with Crippen molar-refractivity contribution in [1.82, 2.24) is 0 Å². The molecule has 2 rings (SSSR count). The van der Waals surface area contributed by atoms with E-state index in [1.807, 2.05) is 0 Å². The summed E-state index contributed by atoms with van der Waals surface area (Å²) in [6.07, 6.45) is 0. The second-order valence-corrected chi connectivity index (χ2v) is 5.83. The van der Waals surface area contributed by atoms with Gasteiger partial charge in [0.05, 0.1) is 15.0 Å². The molecule has 0 bridgehead atoms. The number of hydrogen-bond donors (Lipinski definition) is 0. The zero-order valence-electron chi connectivity index (χ0n) is 9.27. The lowest BCUT2D eigenvalue weighted by Crippen LogP contribution is -1.91. The first-order valence-electron chi connectivity index (χ1n) is 5.05. The molecule has 0 aliphatic carbocycles. The van der Waals surface area contributed by atoms with Crippen LogP contribution < -0.4 is 0 Å². The van der Waals surface area contributed by atoms with Crippen molar-refractivity contribution < 1.29 is 4.92 Å². The molecule has 2 aromatic carbocycles. The summed E-state index contributed by atoms with van der Waals surface area (Å²) in [7, 11) is 0. The summed E-state index contributed by atoms with van der Waals surface area (Å²) in [5, 5.41) is 12.2. The third-order valence-corrected chi connectivity index (χ3v) is 4.54. The molecule has 0 amide bonds. The summed E-state index contributed by atoms with van der Waals surface area (Å²) < 4.78 is 0. The summed E-state index contributed by atoms with van der Waals surface area (Å²) >= 11 is 19.0. The zero-order valence-corrected chi connectivity index (χ0v) is 12.4. The molecule has 0 aromatic heterocycles. The van der Waals surface area contributed by atoms with Crippen LogP contribution in [0.5, 0.6) is 0 Å². The highest BCUT2D eigenvalue weighted by atomic mass is 35.5. The number of benzene rings is 2. The van der Waals surface area contributed by atoms with Crippen molar-refractivity contribution in [2.45, 2.75) is 9.79 Å². The normalized spacial score (nSPS) is 10.5. The molecule has 2 aromatic rings. The summed E-state index contributed by atoms with van der Waals surface area (Å²) in [5.41, 5.74) is -0.0523. The Balaban J connectivity index is 2.46. The Kier molecular flexibility index (Phi) is 4.58. The number of hydrogen-bond acceptors (Lipinski definition) is 3. The Morgan fingerprint density at radius 3 is 2.42 bits per heavy atom. The van der Waals surface area contributed by atoms with Crippen LogP contribution in [0, 0.1) is 10.1 Å². The molecule has 0 N–H and O–H groups in total. The molecule has 0 heterocycles. The van der Waals surface area contributed by atoms with E-state index in [2.05, 4.69) is 0 Å². The Hall–Kier alpha value is -0.940. The summed E-state index contributed by atoms with van der Waals surface area (Å²) in [6, 6.07) is 9.47. The van der Waals surface area contributed by atoms with Gasteiger partial charge < -0.3 is 0 Å². The van der Waals surface area contributed by atoms with Crippen molar-refractivity contribution >= 4 is 52.3 Å². The van der Waals surface area contributed by atoms with E-state index in [4.69, 9.17) is 34.8 Å². The molecular weight excluding hydrogens is 329 g/mol. The molecule has 19 heavy (non-hydrogen) atoms. The molecule has 0 radical (unpaired) electrons. The van der Waals surface area contributed by atoms with Crippen molar-refractivity contribution in [1.29, 1.82) is 0 Å². The summed E-state index contributed by atoms with van der Waals surface area (Å²) in [5.74, 6) is 0. The fourth-order valence-electron chi connectivity index (χ4n) is 1.41. The Morgan fingerprint density at radius 1 is 1.05 bits per heavy atom. The van der Waals surface area contributed by atoms with Gasteiger partial charge in [0.15, 0.2) is 0 Å². The van der Waals surface area contributed by atoms with Crippen molar-refractivity contribution in [2.75, 3.05) is 0 Å². The molecule has 0 aliphatic rings. The number of nitro benzene ring substituents is 1. The third kappa shape index (κ3) is 3.34. The maximum atomic E-state index is 11.0. The largest absolute Gasteiger partial charge is 0.284 e. The van der Waals surface area contributed by atoms with E-state index < -0.39 is 4.92 Å². The van der Waals surface area contributed by atoms with E-state index in [9.17, 15) is 10.1 Å². The topological polar surface area (TPSA) is 43.1 Å². The molecular formula is C12H6Cl3NO2S. The molecule has 7 heteroatoms. The minimum atomic E-state index is -0.474. The van der Waals surface area contributed by atoms with Gasteiger partial charge in [-0.3, -0.25) is 10.1 Å².